The van der Waals surface area contributed by atoms with Crippen molar-refractivity contribution in [2.75, 3.05) is 37.5 Å². The van der Waals surface area contributed by atoms with Gasteiger partial charge in [0.2, 0.25) is 0 Å². The number of nitrogens with zero attached hydrogens (tertiary/aromatic N) is 3. The first-order chi connectivity index (χ1) is 7.71. The number of hydrogen-bond donors (Lipinski definition) is 1. The maximum atomic E-state index is 5.32. The second kappa shape index (κ2) is 6.27. The van der Waals surface area contributed by atoms with Crippen LogP contribution in [0.3, 0.4) is 0 Å². The molecule has 0 radical (unpaired) electrons. The lowest BCUT2D eigenvalue weighted by atomic mass is 10.4. The van der Waals surface area contributed by atoms with Gasteiger partial charge in [-0.25, -0.2) is 9.97 Å². The maximum Gasteiger partial charge on any atom is 0.158 e. The van der Waals surface area contributed by atoms with Gasteiger partial charge in [0, 0.05) is 33.3 Å². The molecule has 5 nitrogen and oxygen atoms in total. The first kappa shape index (κ1) is 12.7. The first-order valence-electron chi connectivity index (χ1n) is 5.55. The average Bonchev–Trinajstić information content (AvgIpc) is 2.34. The Morgan fingerprint density at radius 2 is 2.12 bits per heavy atom. The molecule has 0 fully saturated rings. The SMILES string of the molecule is CCOCc1nc(NC)cc(N(C)CC)n1. The molecule has 90 valence electrons. The minimum atomic E-state index is 0.455. The van der Waals surface area contributed by atoms with Crippen molar-refractivity contribution in [3.63, 3.8) is 0 Å². The fourth-order valence-electron chi connectivity index (χ4n) is 1.23. The third-order valence-corrected chi connectivity index (χ3v) is 2.32. The van der Waals surface area contributed by atoms with E-state index in [1.807, 2.05) is 27.1 Å². The van der Waals surface area contributed by atoms with Crippen LogP contribution in [0.2, 0.25) is 0 Å². The van der Waals surface area contributed by atoms with Crippen molar-refractivity contribution >= 4 is 11.6 Å². The average molecular weight is 224 g/mol. The molecule has 0 bridgehead atoms. The highest BCUT2D eigenvalue weighted by Gasteiger charge is 2.06. The summed E-state index contributed by atoms with van der Waals surface area (Å²) in [6, 6.07) is 1.93. The van der Waals surface area contributed by atoms with Gasteiger partial charge in [0.1, 0.15) is 18.2 Å². The van der Waals surface area contributed by atoms with Gasteiger partial charge in [-0.05, 0) is 13.8 Å². The van der Waals surface area contributed by atoms with E-state index in [1.165, 1.54) is 0 Å². The first-order valence-corrected chi connectivity index (χ1v) is 5.55. The van der Waals surface area contributed by atoms with Crippen LogP contribution in [0.5, 0.6) is 0 Å². The number of rotatable bonds is 6. The Hall–Kier alpha value is -1.36. The highest BCUT2D eigenvalue weighted by molar-refractivity contribution is 5.48. The van der Waals surface area contributed by atoms with Crippen molar-refractivity contribution in [3.8, 4) is 0 Å². The Morgan fingerprint density at radius 1 is 1.38 bits per heavy atom. The molecule has 0 aliphatic rings. The number of aromatic nitrogens is 2. The van der Waals surface area contributed by atoms with Crippen LogP contribution in [0.25, 0.3) is 0 Å². The van der Waals surface area contributed by atoms with Gasteiger partial charge in [-0.1, -0.05) is 0 Å². The monoisotopic (exact) mass is 224 g/mol. The third kappa shape index (κ3) is 3.34. The van der Waals surface area contributed by atoms with Crippen molar-refractivity contribution in [2.24, 2.45) is 0 Å². The Labute approximate surface area is 96.8 Å². The summed E-state index contributed by atoms with van der Waals surface area (Å²) in [6.07, 6.45) is 0. The third-order valence-electron chi connectivity index (χ3n) is 2.32. The minimum absolute atomic E-state index is 0.455. The molecule has 0 amide bonds. The largest absolute Gasteiger partial charge is 0.374 e. The van der Waals surface area contributed by atoms with E-state index in [0.717, 1.165) is 18.2 Å². The van der Waals surface area contributed by atoms with Crippen molar-refractivity contribution in [1.82, 2.24) is 9.97 Å². The maximum absolute atomic E-state index is 5.32. The molecule has 1 rings (SSSR count). The van der Waals surface area contributed by atoms with Gasteiger partial charge in [0.05, 0.1) is 0 Å². The molecule has 1 aromatic heterocycles. The highest BCUT2D eigenvalue weighted by Crippen LogP contribution is 2.14. The topological polar surface area (TPSA) is 50.3 Å². The number of ether oxygens (including phenoxy) is 1. The van der Waals surface area contributed by atoms with Crippen LogP contribution >= 0.6 is 0 Å². The lowest BCUT2D eigenvalue weighted by Crippen LogP contribution is -2.19. The smallest absolute Gasteiger partial charge is 0.158 e. The molecule has 0 saturated heterocycles. The molecule has 1 aromatic rings. The second-order valence-corrected chi connectivity index (χ2v) is 3.43. The van der Waals surface area contributed by atoms with Gasteiger partial charge in [0.25, 0.3) is 0 Å². The van der Waals surface area contributed by atoms with Crippen molar-refractivity contribution in [1.29, 1.82) is 0 Å². The molecule has 0 saturated carbocycles. The quantitative estimate of drug-likeness (QED) is 0.793. The van der Waals surface area contributed by atoms with Gasteiger partial charge < -0.3 is 15.0 Å². The summed E-state index contributed by atoms with van der Waals surface area (Å²) < 4.78 is 5.32. The predicted molar refractivity (Wildman–Crippen MR) is 65.9 cm³/mol. The van der Waals surface area contributed by atoms with E-state index in [1.54, 1.807) is 0 Å². The summed E-state index contributed by atoms with van der Waals surface area (Å²) in [6.45, 7) is 6.08. The van der Waals surface area contributed by atoms with E-state index in [0.29, 0.717) is 19.0 Å². The molecule has 0 aliphatic heterocycles. The van der Waals surface area contributed by atoms with Gasteiger partial charge in [0.15, 0.2) is 5.82 Å². The Kier molecular flexibility index (Phi) is 4.98. The van der Waals surface area contributed by atoms with Gasteiger partial charge in [-0.3, -0.25) is 0 Å². The van der Waals surface area contributed by atoms with Crippen LogP contribution in [-0.4, -0.2) is 37.2 Å². The summed E-state index contributed by atoms with van der Waals surface area (Å²) in [5.41, 5.74) is 0. The zero-order chi connectivity index (χ0) is 12.0. The van der Waals surface area contributed by atoms with Crippen LogP contribution in [0, 0.1) is 0 Å². The second-order valence-electron chi connectivity index (χ2n) is 3.43. The zero-order valence-electron chi connectivity index (χ0n) is 10.4. The van der Waals surface area contributed by atoms with Crippen molar-refractivity contribution in [3.05, 3.63) is 11.9 Å². The molecule has 16 heavy (non-hydrogen) atoms. The van der Waals surface area contributed by atoms with Crippen LogP contribution in [0.1, 0.15) is 19.7 Å². The van der Waals surface area contributed by atoms with Crippen molar-refractivity contribution in [2.45, 2.75) is 20.5 Å². The molecular weight excluding hydrogens is 204 g/mol. The zero-order valence-corrected chi connectivity index (χ0v) is 10.4. The van der Waals surface area contributed by atoms with E-state index in [-0.39, 0.29) is 0 Å². The standard InChI is InChI=1S/C11H20N4O/c1-5-15(4)11-7-9(12-3)13-10(14-11)8-16-6-2/h7H,5-6,8H2,1-4H3,(H,12,13,14). The molecule has 1 heterocycles. The van der Waals surface area contributed by atoms with Crippen LogP contribution < -0.4 is 10.2 Å². The molecule has 5 heteroatoms. The summed E-state index contributed by atoms with van der Waals surface area (Å²) in [4.78, 5) is 10.8. The Morgan fingerprint density at radius 3 is 2.69 bits per heavy atom. The molecule has 0 unspecified atom stereocenters. The molecule has 0 aliphatic carbocycles. The normalized spacial score (nSPS) is 10.2. The summed E-state index contributed by atoms with van der Waals surface area (Å²) in [5, 5.41) is 3.03. The van der Waals surface area contributed by atoms with E-state index < -0.39 is 0 Å². The predicted octanol–water partition coefficient (Wildman–Crippen LogP) is 1.51. The number of nitrogens with one attached hydrogen (secondary N) is 1. The molecular formula is C11H20N4O. The van der Waals surface area contributed by atoms with E-state index in [2.05, 4.69) is 27.1 Å². The fraction of sp³-hybridized carbons (Fsp3) is 0.636. The van der Waals surface area contributed by atoms with Gasteiger partial charge in [-0.2, -0.15) is 0 Å². The van der Waals surface area contributed by atoms with E-state index in [4.69, 9.17) is 4.74 Å². The summed E-state index contributed by atoms with van der Waals surface area (Å²) in [5.74, 6) is 2.44. The Bertz CT molecular complexity index is 330. The van der Waals surface area contributed by atoms with E-state index in [9.17, 15) is 0 Å². The highest BCUT2D eigenvalue weighted by atomic mass is 16.5. The number of hydrogen-bond acceptors (Lipinski definition) is 5. The lowest BCUT2D eigenvalue weighted by molar-refractivity contribution is 0.128. The van der Waals surface area contributed by atoms with Crippen LogP contribution in [0.4, 0.5) is 11.6 Å². The number of anilines is 2. The summed E-state index contributed by atoms with van der Waals surface area (Å²) in [7, 11) is 3.86. The van der Waals surface area contributed by atoms with Gasteiger partial charge >= 0.3 is 0 Å². The molecule has 1 N–H and O–H groups in total. The molecule has 0 aromatic carbocycles. The Balaban J connectivity index is 2.91. The van der Waals surface area contributed by atoms with Crippen LogP contribution in [-0.2, 0) is 11.3 Å². The summed E-state index contributed by atoms with van der Waals surface area (Å²) >= 11 is 0. The molecule has 0 spiro atoms. The van der Waals surface area contributed by atoms with E-state index >= 15 is 0 Å². The van der Waals surface area contributed by atoms with Crippen molar-refractivity contribution < 1.29 is 4.74 Å². The van der Waals surface area contributed by atoms with Gasteiger partial charge in [-0.15, -0.1) is 0 Å². The van der Waals surface area contributed by atoms with Crippen LogP contribution in [0.15, 0.2) is 6.07 Å². The molecule has 0 atom stereocenters. The lowest BCUT2D eigenvalue weighted by Gasteiger charge is -2.17. The minimum Gasteiger partial charge on any atom is -0.374 e. The fourth-order valence-corrected chi connectivity index (χ4v) is 1.23.